The highest BCUT2D eigenvalue weighted by Crippen LogP contribution is 2.27. The number of halogens is 2. The van der Waals surface area contributed by atoms with E-state index in [1.165, 1.54) is 36.3 Å². The maximum atomic E-state index is 13.6. The van der Waals surface area contributed by atoms with Crippen molar-refractivity contribution in [2.24, 2.45) is 5.92 Å². The smallest absolute Gasteiger partial charge is 0.222 e. The summed E-state index contributed by atoms with van der Waals surface area (Å²) in [6.07, 6.45) is 6.44. The van der Waals surface area contributed by atoms with Crippen LogP contribution in [0.25, 0.3) is 0 Å². The van der Waals surface area contributed by atoms with E-state index in [2.05, 4.69) is 0 Å². The third-order valence-electron chi connectivity index (χ3n) is 4.04. The van der Waals surface area contributed by atoms with Crippen molar-refractivity contribution < 1.29 is 13.6 Å². The van der Waals surface area contributed by atoms with E-state index >= 15 is 0 Å². The Bertz CT molecular complexity index is 470. The highest BCUT2D eigenvalue weighted by molar-refractivity contribution is 5.76. The lowest BCUT2D eigenvalue weighted by Crippen LogP contribution is -2.29. The summed E-state index contributed by atoms with van der Waals surface area (Å²) in [5, 5.41) is 0. The second kappa shape index (κ2) is 6.82. The van der Waals surface area contributed by atoms with Crippen LogP contribution in [0, 0.1) is 17.6 Å². The van der Waals surface area contributed by atoms with Gasteiger partial charge in [-0.15, -0.1) is 0 Å². The molecule has 0 N–H and O–H groups in total. The van der Waals surface area contributed by atoms with Gasteiger partial charge in [-0.05, 0) is 24.8 Å². The van der Waals surface area contributed by atoms with E-state index in [9.17, 15) is 13.6 Å². The van der Waals surface area contributed by atoms with Crippen LogP contribution in [0.3, 0.4) is 0 Å². The Hall–Kier alpha value is -1.45. The zero-order valence-electron chi connectivity index (χ0n) is 11.9. The van der Waals surface area contributed by atoms with Gasteiger partial charge in [0.2, 0.25) is 5.91 Å². The van der Waals surface area contributed by atoms with Crippen LogP contribution >= 0.6 is 0 Å². The molecule has 0 heterocycles. The Morgan fingerprint density at radius 2 is 1.95 bits per heavy atom. The summed E-state index contributed by atoms with van der Waals surface area (Å²) >= 11 is 0. The van der Waals surface area contributed by atoms with Crippen LogP contribution in [-0.4, -0.2) is 17.9 Å². The predicted octanol–water partition coefficient (Wildman–Crippen LogP) is 3.89. The van der Waals surface area contributed by atoms with Crippen LogP contribution in [0.15, 0.2) is 18.2 Å². The van der Waals surface area contributed by atoms with E-state index in [4.69, 9.17) is 0 Å². The second-order valence-corrected chi connectivity index (χ2v) is 5.69. The highest BCUT2D eigenvalue weighted by atomic mass is 19.1. The lowest BCUT2D eigenvalue weighted by molar-refractivity contribution is -0.131. The molecule has 2 nitrogen and oxygen atoms in total. The van der Waals surface area contributed by atoms with Gasteiger partial charge in [-0.3, -0.25) is 4.79 Å². The number of carbonyl (C=O) groups excluding carboxylic acids is 1. The van der Waals surface area contributed by atoms with Gasteiger partial charge >= 0.3 is 0 Å². The maximum Gasteiger partial charge on any atom is 0.222 e. The summed E-state index contributed by atoms with van der Waals surface area (Å²) in [6, 6.07) is 3.47. The quantitative estimate of drug-likeness (QED) is 0.820. The molecule has 1 aromatic rings. The molecule has 0 aliphatic heterocycles. The Morgan fingerprint density at radius 1 is 1.25 bits per heavy atom. The van der Waals surface area contributed by atoms with E-state index < -0.39 is 11.6 Å². The zero-order valence-corrected chi connectivity index (χ0v) is 11.9. The van der Waals surface area contributed by atoms with Gasteiger partial charge in [-0.2, -0.15) is 0 Å². The molecule has 0 atom stereocenters. The minimum absolute atomic E-state index is 0.0422. The molecule has 4 heteroatoms. The number of hydrogen-bond acceptors (Lipinski definition) is 1. The average Bonchev–Trinajstić information content (AvgIpc) is 2.43. The second-order valence-electron chi connectivity index (χ2n) is 5.69. The Labute approximate surface area is 118 Å². The van der Waals surface area contributed by atoms with Crippen molar-refractivity contribution in [1.82, 2.24) is 4.90 Å². The summed E-state index contributed by atoms with van der Waals surface area (Å²) in [7, 11) is 1.67. The number of hydrogen-bond donors (Lipinski definition) is 0. The first kappa shape index (κ1) is 14.9. The SMILES string of the molecule is CN(Cc1ccc(F)cc1F)C(=O)CC1CCCCC1. The van der Waals surface area contributed by atoms with E-state index in [1.807, 2.05) is 0 Å². The highest BCUT2D eigenvalue weighted by Gasteiger charge is 2.20. The Balaban J connectivity index is 1.89. The number of nitrogens with zero attached hydrogens (tertiary/aromatic N) is 1. The predicted molar refractivity (Wildman–Crippen MR) is 74.0 cm³/mol. The van der Waals surface area contributed by atoms with Crippen molar-refractivity contribution in [1.29, 1.82) is 0 Å². The van der Waals surface area contributed by atoms with E-state index in [0.29, 0.717) is 17.9 Å². The van der Waals surface area contributed by atoms with Gasteiger partial charge < -0.3 is 4.90 Å². The Kier molecular flexibility index (Phi) is 5.10. The topological polar surface area (TPSA) is 20.3 Å². The van der Waals surface area contributed by atoms with Crippen LogP contribution < -0.4 is 0 Å². The zero-order chi connectivity index (χ0) is 14.5. The molecule has 0 bridgehead atoms. The van der Waals surface area contributed by atoms with E-state index in [0.717, 1.165) is 18.9 Å². The Morgan fingerprint density at radius 3 is 2.60 bits per heavy atom. The van der Waals surface area contributed by atoms with Gasteiger partial charge in [0.1, 0.15) is 11.6 Å². The van der Waals surface area contributed by atoms with Gasteiger partial charge in [0.25, 0.3) is 0 Å². The molecule has 20 heavy (non-hydrogen) atoms. The molecule has 0 saturated heterocycles. The standard InChI is InChI=1S/C16H21F2NO/c1-19(11-13-7-8-14(17)10-15(13)18)16(20)9-12-5-3-2-4-6-12/h7-8,10,12H,2-6,9,11H2,1H3. The summed E-state index contributed by atoms with van der Waals surface area (Å²) in [6.45, 7) is 0.192. The van der Waals surface area contributed by atoms with Crippen molar-refractivity contribution in [2.75, 3.05) is 7.05 Å². The molecule has 1 fully saturated rings. The molecule has 0 unspecified atom stereocenters. The summed E-state index contributed by atoms with van der Waals surface area (Å²) < 4.78 is 26.4. The molecule has 0 spiro atoms. The molecule has 2 rings (SSSR count). The molecule has 0 aromatic heterocycles. The van der Waals surface area contributed by atoms with Crippen molar-refractivity contribution in [3.8, 4) is 0 Å². The average molecular weight is 281 g/mol. The first-order chi connectivity index (χ1) is 9.56. The van der Waals surface area contributed by atoms with E-state index in [1.54, 1.807) is 7.05 Å². The van der Waals surface area contributed by atoms with Crippen molar-refractivity contribution in [3.05, 3.63) is 35.4 Å². The monoisotopic (exact) mass is 281 g/mol. The molecule has 110 valence electrons. The van der Waals surface area contributed by atoms with Gasteiger partial charge in [0.15, 0.2) is 0 Å². The summed E-state index contributed by atoms with van der Waals surface area (Å²) in [5.74, 6) is -0.679. The van der Waals surface area contributed by atoms with Crippen LogP contribution in [0.1, 0.15) is 44.1 Å². The largest absolute Gasteiger partial charge is 0.341 e. The number of benzene rings is 1. The summed E-state index contributed by atoms with van der Waals surface area (Å²) in [4.78, 5) is 13.7. The molecule has 1 aliphatic carbocycles. The van der Waals surface area contributed by atoms with Gasteiger partial charge in [0.05, 0.1) is 0 Å². The fraction of sp³-hybridized carbons (Fsp3) is 0.562. The van der Waals surface area contributed by atoms with Gasteiger partial charge in [-0.25, -0.2) is 8.78 Å². The molecule has 1 aliphatic rings. The maximum absolute atomic E-state index is 13.6. The van der Waals surface area contributed by atoms with Gasteiger partial charge in [-0.1, -0.05) is 25.3 Å². The summed E-state index contributed by atoms with van der Waals surface area (Å²) in [5.41, 5.74) is 0.353. The van der Waals surface area contributed by atoms with Crippen molar-refractivity contribution in [3.63, 3.8) is 0 Å². The van der Waals surface area contributed by atoms with Crippen molar-refractivity contribution >= 4 is 5.91 Å². The molecular formula is C16H21F2NO. The minimum atomic E-state index is -0.595. The minimum Gasteiger partial charge on any atom is -0.341 e. The van der Waals surface area contributed by atoms with Crippen LogP contribution in [-0.2, 0) is 11.3 Å². The number of carbonyl (C=O) groups is 1. The van der Waals surface area contributed by atoms with Crippen LogP contribution in [0.5, 0.6) is 0 Å². The van der Waals surface area contributed by atoms with Crippen molar-refractivity contribution in [2.45, 2.75) is 45.1 Å². The first-order valence-corrected chi connectivity index (χ1v) is 7.24. The van der Waals surface area contributed by atoms with E-state index in [-0.39, 0.29) is 12.5 Å². The first-order valence-electron chi connectivity index (χ1n) is 7.24. The third kappa shape index (κ3) is 4.02. The lowest BCUT2D eigenvalue weighted by Gasteiger charge is -2.24. The molecule has 1 saturated carbocycles. The normalized spacial score (nSPS) is 16.1. The van der Waals surface area contributed by atoms with Crippen LogP contribution in [0.4, 0.5) is 8.78 Å². The third-order valence-corrected chi connectivity index (χ3v) is 4.04. The molecule has 1 amide bonds. The molecule has 1 aromatic carbocycles. The van der Waals surface area contributed by atoms with Gasteiger partial charge in [0, 0.05) is 31.6 Å². The fourth-order valence-electron chi connectivity index (χ4n) is 2.79. The number of rotatable bonds is 4. The fourth-order valence-corrected chi connectivity index (χ4v) is 2.79. The molecule has 0 radical (unpaired) electrons. The lowest BCUT2D eigenvalue weighted by atomic mass is 9.86. The number of amides is 1. The molecular weight excluding hydrogens is 260 g/mol. The van der Waals surface area contributed by atoms with Crippen LogP contribution in [0.2, 0.25) is 0 Å².